The van der Waals surface area contributed by atoms with Crippen LogP contribution in [-0.2, 0) is 0 Å². The monoisotopic (exact) mass is 312 g/mol. The summed E-state index contributed by atoms with van der Waals surface area (Å²) in [7, 11) is 0. The summed E-state index contributed by atoms with van der Waals surface area (Å²) < 4.78 is 1.37. The number of primary amides is 1. The summed E-state index contributed by atoms with van der Waals surface area (Å²) in [6.07, 6.45) is 1.33. The lowest BCUT2D eigenvalue weighted by molar-refractivity contribution is 0.0997. The third kappa shape index (κ3) is 2.90. The minimum atomic E-state index is -0.536. The minimum absolute atomic E-state index is 0.0159. The molecule has 0 aliphatic carbocycles. The van der Waals surface area contributed by atoms with E-state index >= 15 is 0 Å². The number of H-pyrrole nitrogens is 1. The summed E-state index contributed by atoms with van der Waals surface area (Å²) in [5, 5.41) is 13.1. The Hall–Kier alpha value is -3.56. The first kappa shape index (κ1) is 14.4. The van der Waals surface area contributed by atoms with Crippen LogP contribution in [0.1, 0.15) is 26.8 Å². The molecule has 1 aromatic carbocycles. The number of benzene rings is 1. The number of aromatic nitrogens is 6. The molecule has 3 aromatic rings. The molecule has 4 N–H and O–H groups in total. The lowest BCUT2D eigenvalue weighted by Crippen LogP contribution is -2.15. The maximum absolute atomic E-state index is 12.2. The van der Waals surface area contributed by atoms with Crippen molar-refractivity contribution in [2.24, 2.45) is 5.73 Å². The van der Waals surface area contributed by atoms with Gasteiger partial charge in [-0.05, 0) is 31.2 Å². The molecular formula is C13H12N8O2. The number of aryl methyl sites for hydroxylation is 1. The standard InChI is InChI=1S/C13H12N8O2/c1-7-17-11(20-21(7)13-15-6-16-19-13)12(23)18-9-4-2-8(3-5-9)10(14)22/h2-6H,1H3,(H2,14,22)(H,18,23)(H,15,16,19). The third-order valence-electron chi connectivity index (χ3n) is 3.00. The zero-order valence-electron chi connectivity index (χ0n) is 12.0. The number of carbonyl (C=O) groups excluding carboxylic acids is 2. The fourth-order valence-electron chi connectivity index (χ4n) is 1.89. The molecule has 0 unspecified atom stereocenters. The van der Waals surface area contributed by atoms with Crippen molar-refractivity contribution in [3.05, 3.63) is 47.8 Å². The fraction of sp³-hybridized carbons (Fsp3) is 0.0769. The van der Waals surface area contributed by atoms with Crippen LogP contribution < -0.4 is 11.1 Å². The summed E-state index contributed by atoms with van der Waals surface area (Å²) in [5.74, 6) is -0.196. The molecule has 23 heavy (non-hydrogen) atoms. The number of hydrogen-bond acceptors (Lipinski definition) is 6. The van der Waals surface area contributed by atoms with E-state index in [1.807, 2.05) is 0 Å². The molecule has 116 valence electrons. The van der Waals surface area contributed by atoms with Crippen LogP contribution in [0.5, 0.6) is 0 Å². The van der Waals surface area contributed by atoms with Crippen LogP contribution >= 0.6 is 0 Å². The normalized spacial score (nSPS) is 10.5. The number of aromatic amines is 1. The Kier molecular flexibility index (Phi) is 3.55. The van der Waals surface area contributed by atoms with Gasteiger partial charge in [0, 0.05) is 11.3 Å². The van der Waals surface area contributed by atoms with Crippen molar-refractivity contribution < 1.29 is 9.59 Å². The molecule has 2 aromatic heterocycles. The van der Waals surface area contributed by atoms with Gasteiger partial charge in [-0.1, -0.05) is 0 Å². The Bertz CT molecular complexity index is 851. The van der Waals surface area contributed by atoms with Crippen molar-refractivity contribution in [2.75, 3.05) is 5.32 Å². The third-order valence-corrected chi connectivity index (χ3v) is 3.00. The number of amides is 2. The average Bonchev–Trinajstić information content (AvgIpc) is 3.16. The highest BCUT2D eigenvalue weighted by atomic mass is 16.2. The van der Waals surface area contributed by atoms with Gasteiger partial charge in [-0.15, -0.1) is 5.10 Å². The molecule has 3 rings (SSSR count). The van der Waals surface area contributed by atoms with Crippen LogP contribution in [-0.4, -0.2) is 41.8 Å². The van der Waals surface area contributed by atoms with E-state index in [4.69, 9.17) is 5.73 Å². The Morgan fingerprint density at radius 2 is 2.00 bits per heavy atom. The highest BCUT2D eigenvalue weighted by Gasteiger charge is 2.16. The average molecular weight is 312 g/mol. The van der Waals surface area contributed by atoms with Crippen molar-refractivity contribution in [1.82, 2.24) is 29.9 Å². The summed E-state index contributed by atoms with van der Waals surface area (Å²) in [5.41, 5.74) is 6.01. The molecular weight excluding hydrogens is 300 g/mol. The molecule has 2 amide bonds. The van der Waals surface area contributed by atoms with Crippen LogP contribution in [0.4, 0.5) is 5.69 Å². The molecule has 0 saturated carbocycles. The van der Waals surface area contributed by atoms with E-state index in [9.17, 15) is 9.59 Å². The van der Waals surface area contributed by atoms with Crippen molar-refractivity contribution in [3.63, 3.8) is 0 Å². The van der Waals surface area contributed by atoms with Gasteiger partial charge in [-0.3, -0.25) is 9.59 Å². The zero-order chi connectivity index (χ0) is 16.4. The highest BCUT2D eigenvalue weighted by molar-refractivity contribution is 6.02. The maximum atomic E-state index is 12.2. The van der Waals surface area contributed by atoms with Gasteiger partial charge in [0.15, 0.2) is 0 Å². The predicted molar refractivity (Wildman–Crippen MR) is 78.9 cm³/mol. The van der Waals surface area contributed by atoms with E-state index in [0.717, 1.165) is 0 Å². The number of nitrogens with one attached hydrogen (secondary N) is 2. The van der Waals surface area contributed by atoms with E-state index in [2.05, 4.69) is 30.6 Å². The minimum Gasteiger partial charge on any atom is -0.366 e. The smallest absolute Gasteiger partial charge is 0.295 e. The van der Waals surface area contributed by atoms with Crippen LogP contribution in [0, 0.1) is 6.92 Å². The van der Waals surface area contributed by atoms with Gasteiger partial charge < -0.3 is 11.1 Å². The maximum Gasteiger partial charge on any atom is 0.295 e. The van der Waals surface area contributed by atoms with E-state index in [1.165, 1.54) is 23.1 Å². The molecule has 0 spiro atoms. The van der Waals surface area contributed by atoms with Gasteiger partial charge >= 0.3 is 0 Å². The van der Waals surface area contributed by atoms with Gasteiger partial charge in [0.2, 0.25) is 17.7 Å². The lowest BCUT2D eigenvalue weighted by Gasteiger charge is -2.03. The number of anilines is 1. The van der Waals surface area contributed by atoms with Crippen LogP contribution in [0.2, 0.25) is 0 Å². The Balaban J connectivity index is 1.78. The summed E-state index contributed by atoms with van der Waals surface area (Å²) in [4.78, 5) is 31.2. The first-order chi connectivity index (χ1) is 11.0. The van der Waals surface area contributed by atoms with E-state index in [0.29, 0.717) is 23.0 Å². The topological polar surface area (TPSA) is 144 Å². The van der Waals surface area contributed by atoms with Gasteiger partial charge in [-0.25, -0.2) is 10.1 Å². The molecule has 0 saturated heterocycles. The Labute approximate surface area is 129 Å². The lowest BCUT2D eigenvalue weighted by atomic mass is 10.2. The molecule has 10 nitrogen and oxygen atoms in total. The number of nitrogens with two attached hydrogens (primary N) is 1. The first-order valence-corrected chi connectivity index (χ1v) is 6.55. The predicted octanol–water partition coefficient (Wildman–Crippen LogP) is 0.0450. The molecule has 0 bridgehead atoms. The van der Waals surface area contributed by atoms with Crippen molar-refractivity contribution in [3.8, 4) is 5.95 Å². The molecule has 10 heteroatoms. The fourth-order valence-corrected chi connectivity index (χ4v) is 1.89. The van der Waals surface area contributed by atoms with Gasteiger partial charge in [-0.2, -0.15) is 14.8 Å². The SMILES string of the molecule is Cc1nc(C(=O)Nc2ccc(C(N)=O)cc2)nn1-c1ncn[nH]1. The number of nitrogens with zero attached hydrogens (tertiary/aromatic N) is 5. The van der Waals surface area contributed by atoms with Crippen molar-refractivity contribution >= 4 is 17.5 Å². The second-order valence-electron chi connectivity index (χ2n) is 4.60. The molecule has 0 radical (unpaired) electrons. The van der Waals surface area contributed by atoms with E-state index in [1.54, 1.807) is 19.1 Å². The van der Waals surface area contributed by atoms with E-state index in [-0.39, 0.29) is 5.82 Å². The van der Waals surface area contributed by atoms with E-state index < -0.39 is 11.8 Å². The highest BCUT2D eigenvalue weighted by Crippen LogP contribution is 2.11. The van der Waals surface area contributed by atoms with Gasteiger partial charge in [0.25, 0.3) is 5.91 Å². The van der Waals surface area contributed by atoms with Crippen LogP contribution in [0.3, 0.4) is 0 Å². The van der Waals surface area contributed by atoms with Gasteiger partial charge in [0.05, 0.1) is 0 Å². The van der Waals surface area contributed by atoms with Crippen LogP contribution in [0.15, 0.2) is 30.6 Å². The largest absolute Gasteiger partial charge is 0.366 e. The Morgan fingerprint density at radius 3 is 2.61 bits per heavy atom. The molecule has 0 atom stereocenters. The van der Waals surface area contributed by atoms with Gasteiger partial charge in [0.1, 0.15) is 12.2 Å². The van der Waals surface area contributed by atoms with Crippen LogP contribution in [0.25, 0.3) is 5.95 Å². The molecule has 0 fully saturated rings. The molecule has 0 aliphatic heterocycles. The second kappa shape index (κ2) is 5.67. The quantitative estimate of drug-likeness (QED) is 0.620. The first-order valence-electron chi connectivity index (χ1n) is 6.55. The van der Waals surface area contributed by atoms with Crippen molar-refractivity contribution in [2.45, 2.75) is 6.92 Å². The zero-order valence-corrected chi connectivity index (χ0v) is 12.0. The summed E-state index contributed by atoms with van der Waals surface area (Å²) in [6, 6.07) is 6.17. The second-order valence-corrected chi connectivity index (χ2v) is 4.60. The molecule has 2 heterocycles. The van der Waals surface area contributed by atoms with Crippen molar-refractivity contribution in [1.29, 1.82) is 0 Å². The summed E-state index contributed by atoms with van der Waals surface area (Å²) >= 11 is 0. The number of carbonyl (C=O) groups is 2. The Morgan fingerprint density at radius 1 is 1.26 bits per heavy atom. The molecule has 0 aliphatic rings. The summed E-state index contributed by atoms with van der Waals surface area (Å²) in [6.45, 7) is 1.69. The number of hydrogen-bond donors (Lipinski definition) is 3. The number of rotatable bonds is 4.